The molecule has 4 nitrogen and oxygen atoms in total. The number of hydrogen-bond acceptors (Lipinski definition) is 3. The molecule has 2 N–H and O–H groups in total. The molecule has 1 heterocycles. The molecule has 1 aromatic carbocycles. The number of amides is 1. The Morgan fingerprint density at radius 3 is 2.90 bits per heavy atom. The lowest BCUT2D eigenvalue weighted by atomic mass is 10.2. The van der Waals surface area contributed by atoms with Crippen molar-refractivity contribution in [1.82, 2.24) is 4.98 Å². The SMILES string of the molecule is CCCNc1cc(C(=O)Nc2cccc(Br)c2C)ccn1. The van der Waals surface area contributed by atoms with E-state index in [9.17, 15) is 4.79 Å². The van der Waals surface area contributed by atoms with Crippen molar-refractivity contribution in [2.45, 2.75) is 20.3 Å². The number of pyridine rings is 1. The highest BCUT2D eigenvalue weighted by Crippen LogP contribution is 2.24. The molecule has 0 atom stereocenters. The van der Waals surface area contributed by atoms with Gasteiger partial charge in [0.25, 0.3) is 5.91 Å². The number of anilines is 2. The zero-order chi connectivity index (χ0) is 15.2. The summed E-state index contributed by atoms with van der Waals surface area (Å²) in [6.45, 7) is 4.88. The van der Waals surface area contributed by atoms with E-state index in [2.05, 4.69) is 38.5 Å². The lowest BCUT2D eigenvalue weighted by Gasteiger charge is -2.10. The molecule has 0 spiro atoms. The minimum atomic E-state index is -0.141. The second-order valence-corrected chi connectivity index (χ2v) is 5.58. The predicted molar refractivity (Wildman–Crippen MR) is 89.8 cm³/mol. The molecular formula is C16H18BrN3O. The summed E-state index contributed by atoms with van der Waals surface area (Å²) in [7, 11) is 0. The van der Waals surface area contributed by atoms with E-state index in [-0.39, 0.29) is 5.91 Å². The van der Waals surface area contributed by atoms with Gasteiger partial charge in [-0.2, -0.15) is 0 Å². The molecule has 0 fully saturated rings. The highest BCUT2D eigenvalue weighted by Gasteiger charge is 2.09. The van der Waals surface area contributed by atoms with E-state index in [4.69, 9.17) is 0 Å². The Labute approximate surface area is 133 Å². The monoisotopic (exact) mass is 347 g/mol. The number of hydrogen-bond donors (Lipinski definition) is 2. The number of carbonyl (C=O) groups excluding carboxylic acids is 1. The van der Waals surface area contributed by atoms with Crippen LogP contribution in [-0.4, -0.2) is 17.4 Å². The fraction of sp³-hybridized carbons (Fsp3) is 0.250. The van der Waals surface area contributed by atoms with E-state index in [1.165, 1.54) is 0 Å². The van der Waals surface area contributed by atoms with Crippen molar-refractivity contribution in [1.29, 1.82) is 0 Å². The van der Waals surface area contributed by atoms with Gasteiger partial charge in [0.05, 0.1) is 0 Å². The van der Waals surface area contributed by atoms with E-state index in [1.807, 2.05) is 25.1 Å². The third-order valence-electron chi connectivity index (χ3n) is 3.09. The van der Waals surface area contributed by atoms with E-state index in [0.717, 1.165) is 34.5 Å². The highest BCUT2D eigenvalue weighted by molar-refractivity contribution is 9.10. The summed E-state index contributed by atoms with van der Waals surface area (Å²) in [4.78, 5) is 16.5. The first kappa shape index (κ1) is 15.5. The van der Waals surface area contributed by atoms with Gasteiger partial charge in [0.2, 0.25) is 0 Å². The summed E-state index contributed by atoms with van der Waals surface area (Å²) in [5.41, 5.74) is 2.39. The summed E-state index contributed by atoms with van der Waals surface area (Å²) in [5.74, 6) is 0.577. The number of nitrogens with zero attached hydrogens (tertiary/aromatic N) is 1. The van der Waals surface area contributed by atoms with Gasteiger partial charge in [-0.05, 0) is 43.2 Å². The Kier molecular flexibility index (Phi) is 5.33. The molecule has 110 valence electrons. The molecule has 21 heavy (non-hydrogen) atoms. The van der Waals surface area contributed by atoms with Crippen molar-refractivity contribution in [3.8, 4) is 0 Å². The maximum atomic E-state index is 12.3. The van der Waals surface area contributed by atoms with Crippen LogP contribution < -0.4 is 10.6 Å². The molecule has 0 aliphatic rings. The first-order valence-corrected chi connectivity index (χ1v) is 7.67. The Balaban J connectivity index is 2.15. The molecule has 1 amide bonds. The van der Waals surface area contributed by atoms with Crippen LogP contribution in [0.5, 0.6) is 0 Å². The van der Waals surface area contributed by atoms with Crippen LogP contribution in [0.1, 0.15) is 29.3 Å². The number of benzene rings is 1. The topological polar surface area (TPSA) is 54.0 Å². The molecule has 2 rings (SSSR count). The van der Waals surface area contributed by atoms with Crippen molar-refractivity contribution < 1.29 is 4.79 Å². The largest absolute Gasteiger partial charge is 0.370 e. The first-order valence-electron chi connectivity index (χ1n) is 6.88. The van der Waals surface area contributed by atoms with Crippen LogP contribution in [0.15, 0.2) is 41.0 Å². The maximum Gasteiger partial charge on any atom is 0.255 e. The van der Waals surface area contributed by atoms with Crippen LogP contribution in [0, 0.1) is 6.92 Å². The molecule has 0 aliphatic carbocycles. The number of carbonyl (C=O) groups is 1. The third kappa shape index (κ3) is 4.04. The lowest BCUT2D eigenvalue weighted by molar-refractivity contribution is 0.102. The average Bonchev–Trinajstić information content (AvgIpc) is 2.50. The lowest BCUT2D eigenvalue weighted by Crippen LogP contribution is -2.13. The Bertz CT molecular complexity index is 643. The molecule has 0 saturated carbocycles. The summed E-state index contributed by atoms with van der Waals surface area (Å²) >= 11 is 3.46. The fourth-order valence-electron chi connectivity index (χ4n) is 1.86. The van der Waals surface area contributed by atoms with Crippen LogP contribution in [0.25, 0.3) is 0 Å². The van der Waals surface area contributed by atoms with Crippen molar-refractivity contribution in [3.05, 3.63) is 52.1 Å². The van der Waals surface area contributed by atoms with Crippen LogP contribution in [0.2, 0.25) is 0 Å². The quantitative estimate of drug-likeness (QED) is 0.850. The van der Waals surface area contributed by atoms with Crippen LogP contribution in [0.4, 0.5) is 11.5 Å². The summed E-state index contributed by atoms with van der Waals surface area (Å²) in [6.07, 6.45) is 2.65. The highest BCUT2D eigenvalue weighted by atomic mass is 79.9. The average molecular weight is 348 g/mol. The van der Waals surface area contributed by atoms with Crippen molar-refractivity contribution in [2.75, 3.05) is 17.2 Å². The molecule has 0 radical (unpaired) electrons. The fourth-order valence-corrected chi connectivity index (χ4v) is 2.23. The van der Waals surface area contributed by atoms with Gasteiger partial charge < -0.3 is 10.6 Å². The van der Waals surface area contributed by atoms with E-state index >= 15 is 0 Å². The second-order valence-electron chi connectivity index (χ2n) is 4.72. The van der Waals surface area contributed by atoms with Crippen LogP contribution in [0.3, 0.4) is 0 Å². The number of aromatic nitrogens is 1. The van der Waals surface area contributed by atoms with Crippen molar-refractivity contribution in [3.63, 3.8) is 0 Å². The predicted octanol–water partition coefficient (Wildman–Crippen LogP) is 4.23. The minimum absolute atomic E-state index is 0.141. The van der Waals surface area contributed by atoms with Gasteiger partial charge in [0, 0.05) is 28.5 Å². The Morgan fingerprint density at radius 2 is 2.14 bits per heavy atom. The van der Waals surface area contributed by atoms with Crippen molar-refractivity contribution >= 4 is 33.3 Å². The number of nitrogens with one attached hydrogen (secondary N) is 2. The van der Waals surface area contributed by atoms with Crippen molar-refractivity contribution in [2.24, 2.45) is 0 Å². The molecule has 1 aromatic heterocycles. The zero-order valence-corrected chi connectivity index (χ0v) is 13.7. The summed E-state index contributed by atoms with van der Waals surface area (Å²) in [5, 5.41) is 6.10. The Morgan fingerprint density at radius 1 is 1.33 bits per heavy atom. The molecule has 0 unspecified atom stereocenters. The molecular weight excluding hydrogens is 330 g/mol. The number of rotatable bonds is 5. The molecule has 0 bridgehead atoms. The van der Waals surface area contributed by atoms with Gasteiger partial charge in [-0.3, -0.25) is 4.79 Å². The number of halogens is 1. The maximum absolute atomic E-state index is 12.3. The van der Waals surface area contributed by atoms with Gasteiger partial charge >= 0.3 is 0 Å². The molecule has 5 heteroatoms. The Hall–Kier alpha value is -1.88. The minimum Gasteiger partial charge on any atom is -0.370 e. The van der Waals surface area contributed by atoms with Gasteiger partial charge in [0.15, 0.2) is 0 Å². The normalized spacial score (nSPS) is 10.2. The molecule has 0 aliphatic heterocycles. The van der Waals surface area contributed by atoms with E-state index < -0.39 is 0 Å². The molecule has 2 aromatic rings. The van der Waals surface area contributed by atoms with Gasteiger partial charge in [0.1, 0.15) is 5.82 Å². The second kappa shape index (κ2) is 7.22. The van der Waals surface area contributed by atoms with E-state index in [1.54, 1.807) is 18.3 Å². The van der Waals surface area contributed by atoms with E-state index in [0.29, 0.717) is 5.56 Å². The van der Waals surface area contributed by atoms with Crippen LogP contribution >= 0.6 is 15.9 Å². The van der Waals surface area contributed by atoms with Crippen LogP contribution in [-0.2, 0) is 0 Å². The first-order chi connectivity index (χ1) is 10.1. The van der Waals surface area contributed by atoms with Gasteiger partial charge in [-0.15, -0.1) is 0 Å². The smallest absolute Gasteiger partial charge is 0.255 e. The zero-order valence-electron chi connectivity index (χ0n) is 12.1. The van der Waals surface area contributed by atoms with Gasteiger partial charge in [-0.1, -0.05) is 28.9 Å². The molecule has 0 saturated heterocycles. The van der Waals surface area contributed by atoms with Gasteiger partial charge in [-0.25, -0.2) is 4.98 Å². The standard InChI is InChI=1S/C16H18BrN3O/c1-3-8-18-15-10-12(7-9-19-15)16(21)20-14-6-4-5-13(17)11(14)2/h4-7,9-10H,3,8H2,1-2H3,(H,18,19)(H,20,21). The summed E-state index contributed by atoms with van der Waals surface area (Å²) in [6, 6.07) is 9.20. The summed E-state index contributed by atoms with van der Waals surface area (Å²) < 4.78 is 0.973. The third-order valence-corrected chi connectivity index (χ3v) is 3.95.